The summed E-state index contributed by atoms with van der Waals surface area (Å²) in [6, 6.07) is 0.854. The van der Waals surface area contributed by atoms with Gasteiger partial charge in [0.1, 0.15) is 0 Å². The molecular formula is C9H17N. The number of fused-ring (bicyclic) bond motifs is 1. The molecule has 0 radical (unpaired) electrons. The Balaban J connectivity index is 2.01. The van der Waals surface area contributed by atoms with Gasteiger partial charge >= 0.3 is 0 Å². The lowest BCUT2D eigenvalue weighted by molar-refractivity contribution is 0.0578. The molecule has 0 amide bonds. The normalized spacial score (nSPS) is 52.2. The molecule has 10 heavy (non-hydrogen) atoms. The highest BCUT2D eigenvalue weighted by molar-refractivity contribution is 5.01. The average Bonchev–Trinajstić information content (AvgIpc) is 2.33. The van der Waals surface area contributed by atoms with Crippen LogP contribution in [-0.2, 0) is 0 Å². The zero-order valence-electron chi connectivity index (χ0n) is 6.93. The third kappa shape index (κ3) is 0.672. The van der Waals surface area contributed by atoms with Gasteiger partial charge in [0.25, 0.3) is 0 Å². The molecule has 0 spiro atoms. The summed E-state index contributed by atoms with van der Waals surface area (Å²) in [7, 11) is 2.11. The van der Waals surface area contributed by atoms with Gasteiger partial charge < -0.3 is 5.32 Å². The maximum Gasteiger partial charge on any atom is 0.0123 e. The number of rotatable bonds is 1. The fourth-order valence-electron chi connectivity index (χ4n) is 3.10. The maximum absolute atomic E-state index is 3.42. The van der Waals surface area contributed by atoms with Gasteiger partial charge in [-0.1, -0.05) is 13.3 Å². The largest absolute Gasteiger partial charge is 0.316 e. The number of hydrogen-bond acceptors (Lipinski definition) is 1. The molecule has 58 valence electrons. The molecular weight excluding hydrogens is 122 g/mol. The molecule has 2 rings (SSSR count). The minimum absolute atomic E-state index is 0.854. The van der Waals surface area contributed by atoms with E-state index in [1.54, 1.807) is 0 Å². The predicted octanol–water partition coefficient (Wildman–Crippen LogP) is 1.64. The van der Waals surface area contributed by atoms with Gasteiger partial charge in [0, 0.05) is 6.04 Å². The van der Waals surface area contributed by atoms with E-state index in [2.05, 4.69) is 19.3 Å². The van der Waals surface area contributed by atoms with E-state index < -0.39 is 0 Å². The first kappa shape index (κ1) is 6.66. The van der Waals surface area contributed by atoms with E-state index in [0.717, 1.165) is 23.8 Å². The first-order chi connectivity index (χ1) is 4.84. The lowest BCUT2D eigenvalue weighted by Gasteiger charge is -2.47. The van der Waals surface area contributed by atoms with Crippen molar-refractivity contribution in [1.29, 1.82) is 0 Å². The molecule has 1 N–H and O–H groups in total. The van der Waals surface area contributed by atoms with Crippen molar-refractivity contribution in [3.05, 3.63) is 0 Å². The van der Waals surface area contributed by atoms with Crippen molar-refractivity contribution in [2.75, 3.05) is 7.05 Å². The van der Waals surface area contributed by atoms with Crippen LogP contribution in [0.2, 0.25) is 0 Å². The summed E-state index contributed by atoms with van der Waals surface area (Å²) in [6.07, 6.45) is 4.47. The fraction of sp³-hybridized carbons (Fsp3) is 1.00. The second-order valence-electron chi connectivity index (χ2n) is 3.93. The minimum Gasteiger partial charge on any atom is -0.316 e. The van der Waals surface area contributed by atoms with Crippen molar-refractivity contribution in [2.24, 2.45) is 17.8 Å². The van der Waals surface area contributed by atoms with Crippen molar-refractivity contribution in [2.45, 2.75) is 32.2 Å². The van der Waals surface area contributed by atoms with Crippen LogP contribution in [0.4, 0.5) is 0 Å². The monoisotopic (exact) mass is 139 g/mol. The van der Waals surface area contributed by atoms with Crippen molar-refractivity contribution in [3.63, 3.8) is 0 Å². The lowest BCUT2D eigenvalue weighted by Crippen LogP contribution is -2.53. The van der Waals surface area contributed by atoms with Crippen molar-refractivity contribution < 1.29 is 0 Å². The maximum atomic E-state index is 3.42. The highest BCUT2D eigenvalue weighted by Crippen LogP contribution is 2.50. The van der Waals surface area contributed by atoms with Gasteiger partial charge in [-0.05, 0) is 37.6 Å². The highest BCUT2D eigenvalue weighted by Gasteiger charge is 2.48. The Kier molecular flexibility index (Phi) is 1.48. The Morgan fingerprint density at radius 3 is 2.60 bits per heavy atom. The quantitative estimate of drug-likeness (QED) is 0.582. The van der Waals surface area contributed by atoms with Crippen LogP contribution in [0, 0.1) is 17.8 Å². The molecule has 2 aliphatic carbocycles. The zero-order valence-corrected chi connectivity index (χ0v) is 6.93. The Morgan fingerprint density at radius 2 is 1.90 bits per heavy atom. The SMILES string of the molecule is CNC1C(C)C2CCCC21. The Labute approximate surface area is 63.2 Å². The van der Waals surface area contributed by atoms with Crippen LogP contribution >= 0.6 is 0 Å². The molecule has 0 bridgehead atoms. The summed E-state index contributed by atoms with van der Waals surface area (Å²) in [5.41, 5.74) is 0. The average molecular weight is 139 g/mol. The molecule has 1 heteroatoms. The first-order valence-electron chi connectivity index (χ1n) is 4.52. The van der Waals surface area contributed by atoms with Crippen LogP contribution in [0.25, 0.3) is 0 Å². The Hall–Kier alpha value is -0.0400. The van der Waals surface area contributed by atoms with E-state index in [0.29, 0.717) is 0 Å². The van der Waals surface area contributed by atoms with Crippen LogP contribution in [-0.4, -0.2) is 13.1 Å². The molecule has 4 atom stereocenters. The standard InChI is InChI=1S/C9H17N/c1-6-7-4-3-5-8(7)9(6)10-2/h6-10H,3-5H2,1-2H3. The third-order valence-electron chi connectivity index (χ3n) is 3.66. The Morgan fingerprint density at radius 1 is 1.20 bits per heavy atom. The van der Waals surface area contributed by atoms with E-state index in [1.807, 2.05) is 0 Å². The summed E-state index contributed by atoms with van der Waals surface area (Å²) < 4.78 is 0. The summed E-state index contributed by atoms with van der Waals surface area (Å²) in [4.78, 5) is 0. The Bertz CT molecular complexity index is 133. The van der Waals surface area contributed by atoms with Gasteiger partial charge in [-0.15, -0.1) is 0 Å². The molecule has 4 unspecified atom stereocenters. The fourth-order valence-corrected chi connectivity index (χ4v) is 3.10. The number of nitrogens with one attached hydrogen (secondary N) is 1. The molecule has 0 aromatic rings. The summed E-state index contributed by atoms with van der Waals surface area (Å²) in [5, 5.41) is 3.42. The minimum atomic E-state index is 0.854. The molecule has 2 aliphatic rings. The predicted molar refractivity (Wildman–Crippen MR) is 42.8 cm³/mol. The molecule has 0 saturated heterocycles. The molecule has 2 saturated carbocycles. The van der Waals surface area contributed by atoms with Gasteiger partial charge in [-0.3, -0.25) is 0 Å². The third-order valence-corrected chi connectivity index (χ3v) is 3.66. The topological polar surface area (TPSA) is 12.0 Å². The first-order valence-corrected chi connectivity index (χ1v) is 4.52. The van der Waals surface area contributed by atoms with Crippen LogP contribution in [0.15, 0.2) is 0 Å². The second kappa shape index (κ2) is 2.23. The number of hydrogen-bond donors (Lipinski definition) is 1. The van der Waals surface area contributed by atoms with Crippen LogP contribution in [0.5, 0.6) is 0 Å². The highest BCUT2D eigenvalue weighted by atomic mass is 14.9. The van der Waals surface area contributed by atoms with Gasteiger partial charge in [0.2, 0.25) is 0 Å². The van der Waals surface area contributed by atoms with Gasteiger partial charge in [0.15, 0.2) is 0 Å². The lowest BCUT2D eigenvalue weighted by atomic mass is 9.63. The van der Waals surface area contributed by atoms with E-state index in [1.165, 1.54) is 19.3 Å². The summed E-state index contributed by atoms with van der Waals surface area (Å²) in [5.74, 6) is 3.08. The van der Waals surface area contributed by atoms with Gasteiger partial charge in [-0.2, -0.15) is 0 Å². The van der Waals surface area contributed by atoms with E-state index >= 15 is 0 Å². The molecule has 0 heterocycles. The summed E-state index contributed by atoms with van der Waals surface area (Å²) in [6.45, 7) is 2.40. The molecule has 0 aliphatic heterocycles. The van der Waals surface area contributed by atoms with Gasteiger partial charge in [-0.25, -0.2) is 0 Å². The summed E-state index contributed by atoms with van der Waals surface area (Å²) >= 11 is 0. The molecule has 0 aromatic carbocycles. The van der Waals surface area contributed by atoms with Crippen molar-refractivity contribution in [1.82, 2.24) is 5.32 Å². The van der Waals surface area contributed by atoms with E-state index in [9.17, 15) is 0 Å². The van der Waals surface area contributed by atoms with Gasteiger partial charge in [0.05, 0.1) is 0 Å². The van der Waals surface area contributed by atoms with Crippen LogP contribution < -0.4 is 5.32 Å². The zero-order chi connectivity index (χ0) is 7.14. The second-order valence-corrected chi connectivity index (χ2v) is 3.93. The molecule has 2 fully saturated rings. The molecule has 0 aromatic heterocycles. The van der Waals surface area contributed by atoms with Crippen LogP contribution in [0.3, 0.4) is 0 Å². The van der Waals surface area contributed by atoms with E-state index in [-0.39, 0.29) is 0 Å². The van der Waals surface area contributed by atoms with Crippen molar-refractivity contribution >= 4 is 0 Å². The van der Waals surface area contributed by atoms with E-state index in [4.69, 9.17) is 0 Å². The molecule has 1 nitrogen and oxygen atoms in total. The van der Waals surface area contributed by atoms with Crippen LogP contribution in [0.1, 0.15) is 26.2 Å². The van der Waals surface area contributed by atoms with Crippen molar-refractivity contribution in [3.8, 4) is 0 Å². The smallest absolute Gasteiger partial charge is 0.0123 e.